The van der Waals surface area contributed by atoms with Gasteiger partial charge in [-0.3, -0.25) is 0 Å². The maximum absolute atomic E-state index is 11.1. The van der Waals surface area contributed by atoms with E-state index in [-0.39, 0.29) is 0 Å². The van der Waals surface area contributed by atoms with Gasteiger partial charge in [-0.25, -0.2) is 4.79 Å². The van der Waals surface area contributed by atoms with Crippen molar-refractivity contribution in [1.29, 1.82) is 0 Å². The normalized spacial score (nSPS) is 30.4. The number of esters is 1. The number of rotatable bonds is 2. The molecule has 4 nitrogen and oxygen atoms in total. The van der Waals surface area contributed by atoms with Gasteiger partial charge in [0.1, 0.15) is 0 Å². The molecule has 1 saturated heterocycles. The summed E-state index contributed by atoms with van der Waals surface area (Å²) in [6.07, 6.45) is 1.42. The molecule has 0 radical (unpaired) electrons. The fourth-order valence-corrected chi connectivity index (χ4v) is 1.17. The van der Waals surface area contributed by atoms with Gasteiger partial charge in [-0.1, -0.05) is 0 Å². The van der Waals surface area contributed by atoms with Gasteiger partial charge in [-0.2, -0.15) is 0 Å². The number of hydrogen-bond acceptors (Lipinski definition) is 4. The molecule has 0 aromatic carbocycles. The monoisotopic (exact) mass is 160 g/mol. The topological polar surface area (TPSA) is 44.8 Å². The van der Waals surface area contributed by atoms with Crippen LogP contribution in [0, 0.1) is 0 Å². The summed E-state index contributed by atoms with van der Waals surface area (Å²) in [7, 11) is 2.77. The van der Waals surface area contributed by atoms with Crippen molar-refractivity contribution >= 4 is 5.97 Å². The molecule has 0 aliphatic carbocycles. The van der Waals surface area contributed by atoms with Crippen molar-refractivity contribution in [2.45, 2.75) is 18.6 Å². The molecule has 1 rings (SSSR count). The second kappa shape index (κ2) is 3.19. The van der Waals surface area contributed by atoms with Crippen molar-refractivity contribution in [3.8, 4) is 0 Å². The van der Waals surface area contributed by atoms with Crippen LogP contribution in [0.2, 0.25) is 0 Å². The molecule has 0 saturated carbocycles. The van der Waals surface area contributed by atoms with Gasteiger partial charge in [0, 0.05) is 13.5 Å². The summed E-state index contributed by atoms with van der Waals surface area (Å²) >= 11 is 0. The maximum atomic E-state index is 11.1. The molecule has 1 fully saturated rings. The van der Waals surface area contributed by atoms with E-state index < -0.39 is 11.8 Å². The zero-order valence-corrected chi connectivity index (χ0v) is 6.75. The summed E-state index contributed by atoms with van der Waals surface area (Å²) in [6.45, 7) is 0.558. The highest BCUT2D eigenvalue weighted by molar-refractivity contribution is 5.78. The molecule has 4 heteroatoms. The Kier molecular flexibility index (Phi) is 2.46. The molecule has 11 heavy (non-hydrogen) atoms. The number of hydrogen-bond donors (Lipinski definition) is 0. The van der Waals surface area contributed by atoms with E-state index in [0.717, 1.165) is 6.42 Å². The lowest BCUT2D eigenvalue weighted by Gasteiger charge is -2.22. The lowest BCUT2D eigenvalue weighted by Crippen LogP contribution is -2.40. The van der Waals surface area contributed by atoms with E-state index in [9.17, 15) is 4.79 Å². The van der Waals surface area contributed by atoms with E-state index in [1.807, 2.05) is 0 Å². The van der Waals surface area contributed by atoms with Crippen molar-refractivity contribution in [2.75, 3.05) is 20.8 Å². The largest absolute Gasteiger partial charge is 0.465 e. The van der Waals surface area contributed by atoms with Crippen LogP contribution in [0.3, 0.4) is 0 Å². The molecule has 1 heterocycles. The summed E-state index contributed by atoms with van der Waals surface area (Å²) in [4.78, 5) is 11.1. The third kappa shape index (κ3) is 1.36. The van der Waals surface area contributed by atoms with Crippen molar-refractivity contribution in [1.82, 2.24) is 0 Å². The second-order valence-electron chi connectivity index (χ2n) is 2.40. The molecule has 1 atom stereocenters. The molecule has 1 unspecified atom stereocenters. The number of methoxy groups -OCH3 is 2. The van der Waals surface area contributed by atoms with Gasteiger partial charge in [-0.15, -0.1) is 0 Å². The number of carbonyl (C=O) groups excluding carboxylic acids is 1. The minimum atomic E-state index is -1.12. The molecule has 0 spiro atoms. The van der Waals surface area contributed by atoms with Crippen molar-refractivity contribution < 1.29 is 19.0 Å². The van der Waals surface area contributed by atoms with Gasteiger partial charge in [0.25, 0.3) is 5.79 Å². The third-order valence-corrected chi connectivity index (χ3v) is 1.81. The van der Waals surface area contributed by atoms with Crippen LogP contribution in [-0.4, -0.2) is 32.6 Å². The van der Waals surface area contributed by atoms with Crippen LogP contribution in [0.4, 0.5) is 0 Å². The fraction of sp³-hybridized carbons (Fsp3) is 0.857. The van der Waals surface area contributed by atoms with Crippen molar-refractivity contribution in [3.63, 3.8) is 0 Å². The first-order valence-corrected chi connectivity index (χ1v) is 3.53. The summed E-state index contributed by atoms with van der Waals surface area (Å²) in [5, 5.41) is 0. The van der Waals surface area contributed by atoms with E-state index in [4.69, 9.17) is 9.47 Å². The fourth-order valence-electron chi connectivity index (χ4n) is 1.17. The predicted molar refractivity (Wildman–Crippen MR) is 36.9 cm³/mol. The Hall–Kier alpha value is -0.610. The first-order valence-electron chi connectivity index (χ1n) is 3.53. The average Bonchev–Trinajstić information content (AvgIpc) is 2.52. The molecule has 64 valence electrons. The van der Waals surface area contributed by atoms with Gasteiger partial charge in [0.2, 0.25) is 0 Å². The number of ether oxygens (including phenoxy) is 3. The molecule has 1 aliphatic rings. The Labute approximate surface area is 65.4 Å². The standard InChI is InChI=1S/C7H12O4/c1-9-6(8)7(10-2)4-3-5-11-7/h3-5H2,1-2H3. The Balaban J connectivity index is 2.66. The van der Waals surface area contributed by atoms with E-state index >= 15 is 0 Å². The Morgan fingerprint density at radius 3 is 2.64 bits per heavy atom. The van der Waals surface area contributed by atoms with Crippen LogP contribution < -0.4 is 0 Å². The van der Waals surface area contributed by atoms with Gasteiger partial charge in [0.05, 0.1) is 13.7 Å². The van der Waals surface area contributed by atoms with Gasteiger partial charge < -0.3 is 14.2 Å². The molecule has 0 amide bonds. The van der Waals surface area contributed by atoms with Crippen LogP contribution in [0.25, 0.3) is 0 Å². The van der Waals surface area contributed by atoms with Crippen LogP contribution >= 0.6 is 0 Å². The van der Waals surface area contributed by atoms with E-state index in [1.165, 1.54) is 14.2 Å². The summed E-state index contributed by atoms with van der Waals surface area (Å²) in [5.74, 6) is -1.56. The molecular weight excluding hydrogens is 148 g/mol. The van der Waals surface area contributed by atoms with E-state index in [1.54, 1.807) is 0 Å². The molecule has 0 bridgehead atoms. The van der Waals surface area contributed by atoms with Gasteiger partial charge >= 0.3 is 5.97 Å². The summed E-state index contributed by atoms with van der Waals surface area (Å²) in [5.41, 5.74) is 0. The molecular formula is C7H12O4. The molecule has 0 N–H and O–H groups in total. The predicted octanol–water partition coefficient (Wildman–Crippen LogP) is 0.312. The van der Waals surface area contributed by atoms with E-state index in [0.29, 0.717) is 13.0 Å². The van der Waals surface area contributed by atoms with Crippen LogP contribution in [0.1, 0.15) is 12.8 Å². The Morgan fingerprint density at radius 2 is 2.27 bits per heavy atom. The highest BCUT2D eigenvalue weighted by Crippen LogP contribution is 2.27. The van der Waals surface area contributed by atoms with Crippen LogP contribution in [0.15, 0.2) is 0 Å². The number of carbonyl (C=O) groups is 1. The first kappa shape index (κ1) is 8.49. The lowest BCUT2D eigenvalue weighted by molar-refractivity contribution is -0.220. The van der Waals surface area contributed by atoms with Crippen LogP contribution in [0.5, 0.6) is 0 Å². The van der Waals surface area contributed by atoms with E-state index in [2.05, 4.69) is 4.74 Å². The zero-order valence-electron chi connectivity index (χ0n) is 6.75. The highest BCUT2D eigenvalue weighted by Gasteiger charge is 2.44. The quantitative estimate of drug-likeness (QED) is 0.545. The molecule has 0 aromatic heterocycles. The minimum absolute atomic E-state index is 0.447. The average molecular weight is 160 g/mol. The van der Waals surface area contributed by atoms with Crippen molar-refractivity contribution in [2.24, 2.45) is 0 Å². The SMILES string of the molecule is COC(=O)C1(OC)CCCO1. The van der Waals surface area contributed by atoms with Gasteiger partial charge in [0.15, 0.2) is 0 Å². The van der Waals surface area contributed by atoms with Crippen molar-refractivity contribution in [3.05, 3.63) is 0 Å². The molecule has 0 aromatic rings. The van der Waals surface area contributed by atoms with Crippen LogP contribution in [-0.2, 0) is 19.0 Å². The minimum Gasteiger partial charge on any atom is -0.465 e. The highest BCUT2D eigenvalue weighted by atomic mass is 16.7. The smallest absolute Gasteiger partial charge is 0.366 e. The lowest BCUT2D eigenvalue weighted by atomic mass is 10.2. The maximum Gasteiger partial charge on any atom is 0.366 e. The third-order valence-electron chi connectivity index (χ3n) is 1.81. The van der Waals surface area contributed by atoms with Gasteiger partial charge in [-0.05, 0) is 6.42 Å². The Bertz CT molecular complexity index is 149. The Morgan fingerprint density at radius 1 is 1.55 bits per heavy atom. The molecule has 1 aliphatic heterocycles. The second-order valence-corrected chi connectivity index (χ2v) is 2.40. The first-order chi connectivity index (χ1) is 5.25. The zero-order chi connectivity index (χ0) is 8.32. The summed E-state index contributed by atoms with van der Waals surface area (Å²) in [6, 6.07) is 0. The summed E-state index contributed by atoms with van der Waals surface area (Å²) < 4.78 is 14.6.